The normalized spacial score (nSPS) is 10.4. The van der Waals surface area contributed by atoms with Crippen molar-refractivity contribution in [2.45, 2.75) is 33.1 Å². The van der Waals surface area contributed by atoms with E-state index in [-0.39, 0.29) is 0 Å². The van der Waals surface area contributed by atoms with E-state index in [1.54, 1.807) is 7.11 Å². The second-order valence-electron chi connectivity index (χ2n) is 3.98. The van der Waals surface area contributed by atoms with E-state index in [1.807, 2.05) is 13.0 Å². The molecule has 0 unspecified atom stereocenters. The van der Waals surface area contributed by atoms with E-state index in [1.165, 1.54) is 0 Å². The molecule has 0 spiro atoms. The molecule has 1 aromatic rings. The molecule has 18 heavy (non-hydrogen) atoms. The van der Waals surface area contributed by atoms with Gasteiger partial charge in [0.05, 0.1) is 6.61 Å². The molecule has 0 atom stereocenters. The molecule has 0 fully saturated rings. The number of aryl methyl sites for hydroxylation is 1. The predicted octanol–water partition coefficient (Wildman–Crippen LogP) is 2.28. The van der Waals surface area contributed by atoms with E-state index in [2.05, 4.69) is 22.2 Å². The molecule has 0 aliphatic carbocycles. The number of hydrogen-bond acceptors (Lipinski definition) is 5. The second-order valence-corrected chi connectivity index (χ2v) is 3.98. The highest BCUT2D eigenvalue weighted by atomic mass is 16.5. The Hall–Kier alpha value is -1.36. The van der Waals surface area contributed by atoms with Gasteiger partial charge in [-0.15, -0.1) is 0 Å². The summed E-state index contributed by atoms with van der Waals surface area (Å²) in [6, 6.07) is 1.84. The first-order valence-electron chi connectivity index (χ1n) is 6.53. The van der Waals surface area contributed by atoms with Crippen LogP contribution in [0.1, 0.15) is 32.5 Å². The van der Waals surface area contributed by atoms with E-state index in [0.29, 0.717) is 19.1 Å². The molecule has 1 N–H and O–H groups in total. The molecule has 0 aromatic carbocycles. The van der Waals surface area contributed by atoms with Crippen LogP contribution in [0.15, 0.2) is 6.07 Å². The fourth-order valence-corrected chi connectivity index (χ4v) is 1.42. The zero-order chi connectivity index (χ0) is 13.2. The van der Waals surface area contributed by atoms with Gasteiger partial charge in [0.1, 0.15) is 18.2 Å². The number of ether oxygens (including phenoxy) is 2. The standard InChI is InChI=1S/C13H23N3O2/c1-4-6-7-14-12-10-13(18-9-8-17-3)16-11(5-2)15-12/h10H,4-9H2,1-3H3,(H,14,15,16). The van der Waals surface area contributed by atoms with Crippen molar-refractivity contribution < 1.29 is 9.47 Å². The molecule has 0 radical (unpaired) electrons. The van der Waals surface area contributed by atoms with Crippen molar-refractivity contribution in [2.24, 2.45) is 0 Å². The quantitative estimate of drug-likeness (QED) is 0.684. The summed E-state index contributed by atoms with van der Waals surface area (Å²) in [7, 11) is 1.65. The Balaban J connectivity index is 2.62. The molecular weight excluding hydrogens is 230 g/mol. The van der Waals surface area contributed by atoms with E-state index in [9.17, 15) is 0 Å². The molecule has 0 amide bonds. The SMILES string of the molecule is CCCCNc1cc(OCCOC)nc(CC)n1. The van der Waals surface area contributed by atoms with Gasteiger partial charge >= 0.3 is 0 Å². The van der Waals surface area contributed by atoms with Gasteiger partial charge in [0.25, 0.3) is 0 Å². The topological polar surface area (TPSA) is 56.3 Å². The molecule has 0 bridgehead atoms. The van der Waals surface area contributed by atoms with Crippen LogP contribution >= 0.6 is 0 Å². The highest BCUT2D eigenvalue weighted by Gasteiger charge is 2.04. The summed E-state index contributed by atoms with van der Waals surface area (Å²) in [6.07, 6.45) is 3.09. The number of anilines is 1. The fourth-order valence-electron chi connectivity index (χ4n) is 1.42. The Bertz CT molecular complexity index is 317. The average Bonchev–Trinajstić information content (AvgIpc) is 2.39. The van der Waals surface area contributed by atoms with Gasteiger partial charge in [-0.25, -0.2) is 4.98 Å². The maximum atomic E-state index is 5.52. The lowest BCUT2D eigenvalue weighted by Gasteiger charge is -2.10. The van der Waals surface area contributed by atoms with Crippen LogP contribution in [0.5, 0.6) is 5.88 Å². The molecule has 102 valence electrons. The van der Waals surface area contributed by atoms with Crippen molar-refractivity contribution in [3.05, 3.63) is 11.9 Å². The second kappa shape index (κ2) is 8.69. The lowest BCUT2D eigenvalue weighted by Crippen LogP contribution is -2.09. The smallest absolute Gasteiger partial charge is 0.218 e. The molecule has 5 heteroatoms. The third-order valence-electron chi connectivity index (χ3n) is 2.44. The predicted molar refractivity (Wildman–Crippen MR) is 72.2 cm³/mol. The molecule has 0 saturated heterocycles. The molecule has 0 aliphatic rings. The fraction of sp³-hybridized carbons (Fsp3) is 0.692. The summed E-state index contributed by atoms with van der Waals surface area (Å²) in [5.41, 5.74) is 0. The first-order valence-corrected chi connectivity index (χ1v) is 6.53. The summed E-state index contributed by atoms with van der Waals surface area (Å²) in [5, 5.41) is 3.29. The Morgan fingerprint density at radius 1 is 1.22 bits per heavy atom. The maximum Gasteiger partial charge on any atom is 0.218 e. The lowest BCUT2D eigenvalue weighted by atomic mass is 10.3. The van der Waals surface area contributed by atoms with Crippen molar-refractivity contribution in [1.29, 1.82) is 0 Å². The van der Waals surface area contributed by atoms with Gasteiger partial charge in [-0.2, -0.15) is 4.98 Å². The third-order valence-corrected chi connectivity index (χ3v) is 2.44. The Morgan fingerprint density at radius 3 is 2.72 bits per heavy atom. The van der Waals surface area contributed by atoms with E-state index < -0.39 is 0 Å². The van der Waals surface area contributed by atoms with Crippen LogP contribution in [-0.4, -0.2) is 36.8 Å². The summed E-state index contributed by atoms with van der Waals surface area (Å²) >= 11 is 0. The van der Waals surface area contributed by atoms with Crippen molar-refractivity contribution in [2.75, 3.05) is 32.2 Å². The van der Waals surface area contributed by atoms with E-state index >= 15 is 0 Å². The van der Waals surface area contributed by atoms with Gasteiger partial charge in [-0.1, -0.05) is 20.3 Å². The van der Waals surface area contributed by atoms with E-state index in [4.69, 9.17) is 9.47 Å². The molecule has 1 heterocycles. The summed E-state index contributed by atoms with van der Waals surface area (Å²) in [4.78, 5) is 8.74. The Kier molecular flexibility index (Phi) is 7.10. The summed E-state index contributed by atoms with van der Waals surface area (Å²) in [6.45, 7) is 6.19. The first kappa shape index (κ1) is 14.7. The number of nitrogens with zero attached hydrogens (tertiary/aromatic N) is 2. The Morgan fingerprint density at radius 2 is 2.06 bits per heavy atom. The zero-order valence-electron chi connectivity index (χ0n) is 11.5. The molecule has 0 aliphatic heterocycles. The van der Waals surface area contributed by atoms with Crippen LogP contribution in [0, 0.1) is 0 Å². The highest BCUT2D eigenvalue weighted by Crippen LogP contribution is 2.14. The third kappa shape index (κ3) is 5.31. The van der Waals surface area contributed by atoms with Gasteiger partial charge < -0.3 is 14.8 Å². The van der Waals surface area contributed by atoms with Gasteiger partial charge in [0, 0.05) is 26.1 Å². The van der Waals surface area contributed by atoms with Crippen molar-refractivity contribution in [1.82, 2.24) is 9.97 Å². The number of aromatic nitrogens is 2. The van der Waals surface area contributed by atoms with Gasteiger partial charge in [0.2, 0.25) is 5.88 Å². The molecular formula is C13H23N3O2. The molecule has 1 aromatic heterocycles. The van der Waals surface area contributed by atoms with Crippen molar-refractivity contribution in [3.63, 3.8) is 0 Å². The molecule has 0 saturated carbocycles. The van der Waals surface area contributed by atoms with Crippen LogP contribution in [0.3, 0.4) is 0 Å². The maximum absolute atomic E-state index is 5.52. The largest absolute Gasteiger partial charge is 0.475 e. The van der Waals surface area contributed by atoms with Crippen LogP contribution in [0.2, 0.25) is 0 Å². The van der Waals surface area contributed by atoms with Crippen molar-refractivity contribution >= 4 is 5.82 Å². The van der Waals surface area contributed by atoms with Crippen LogP contribution in [0.25, 0.3) is 0 Å². The average molecular weight is 253 g/mol. The van der Waals surface area contributed by atoms with Crippen molar-refractivity contribution in [3.8, 4) is 5.88 Å². The van der Waals surface area contributed by atoms with Gasteiger partial charge in [0.15, 0.2) is 0 Å². The number of methoxy groups -OCH3 is 1. The Labute approximate surface area is 109 Å². The minimum Gasteiger partial charge on any atom is -0.475 e. The highest BCUT2D eigenvalue weighted by molar-refractivity contribution is 5.38. The number of hydrogen-bond donors (Lipinski definition) is 1. The van der Waals surface area contributed by atoms with Crippen LogP contribution in [0.4, 0.5) is 5.82 Å². The minimum absolute atomic E-state index is 0.505. The zero-order valence-corrected chi connectivity index (χ0v) is 11.5. The molecule has 1 rings (SSSR count). The van der Waals surface area contributed by atoms with Gasteiger partial charge in [-0.3, -0.25) is 0 Å². The number of rotatable bonds is 9. The minimum atomic E-state index is 0.505. The summed E-state index contributed by atoms with van der Waals surface area (Å²) in [5.74, 6) is 2.24. The van der Waals surface area contributed by atoms with Crippen LogP contribution < -0.4 is 10.1 Å². The van der Waals surface area contributed by atoms with Crippen LogP contribution in [-0.2, 0) is 11.2 Å². The lowest BCUT2D eigenvalue weighted by molar-refractivity contribution is 0.143. The molecule has 5 nitrogen and oxygen atoms in total. The van der Waals surface area contributed by atoms with Gasteiger partial charge in [-0.05, 0) is 6.42 Å². The number of unbranched alkanes of at least 4 members (excludes halogenated alkanes) is 1. The number of nitrogens with one attached hydrogen (secondary N) is 1. The first-order chi connectivity index (χ1) is 8.80. The summed E-state index contributed by atoms with van der Waals surface area (Å²) < 4.78 is 10.5. The van der Waals surface area contributed by atoms with E-state index in [0.717, 1.165) is 37.4 Å². The monoisotopic (exact) mass is 253 g/mol.